The van der Waals surface area contributed by atoms with Crippen molar-refractivity contribution in [1.29, 1.82) is 0 Å². The maximum atomic E-state index is 11.5. The highest BCUT2D eigenvalue weighted by atomic mass is 16.2. The van der Waals surface area contributed by atoms with Crippen molar-refractivity contribution in [2.45, 2.75) is 40.0 Å². The van der Waals surface area contributed by atoms with Crippen LogP contribution in [0.2, 0.25) is 0 Å². The normalized spacial score (nSPS) is 18.3. The largest absolute Gasteiger partial charge is 0.299 e. The van der Waals surface area contributed by atoms with Crippen LogP contribution in [0.3, 0.4) is 0 Å². The molecule has 0 saturated heterocycles. The number of allylic oxidation sites excluding steroid dienone is 2. The molecule has 0 aromatic rings. The van der Waals surface area contributed by atoms with Crippen LogP contribution < -0.4 is 0 Å². The summed E-state index contributed by atoms with van der Waals surface area (Å²) in [6.45, 7) is 5.63. The maximum absolute atomic E-state index is 11.5. The minimum absolute atomic E-state index is 0.0407. The van der Waals surface area contributed by atoms with Gasteiger partial charge in [-0.3, -0.25) is 9.59 Å². The van der Waals surface area contributed by atoms with E-state index in [9.17, 15) is 9.59 Å². The molecule has 1 rings (SSSR count). The third-order valence-electron chi connectivity index (χ3n) is 2.71. The number of rotatable bonds is 1. The standard InChI is InChI=1S/C13H16O2/c1-10(2)6-4-5-9-13(3)11(14)7-8-12(13)15/h6H,7-9H2,1-3H3. The minimum Gasteiger partial charge on any atom is -0.299 e. The summed E-state index contributed by atoms with van der Waals surface area (Å²) >= 11 is 0. The molecule has 0 N–H and O–H groups in total. The van der Waals surface area contributed by atoms with Crippen molar-refractivity contribution in [2.75, 3.05) is 0 Å². The molecule has 0 heterocycles. The Balaban J connectivity index is 2.71. The Hall–Kier alpha value is -1.36. The van der Waals surface area contributed by atoms with Gasteiger partial charge in [0, 0.05) is 19.3 Å². The highest BCUT2D eigenvalue weighted by Crippen LogP contribution is 2.33. The molecule has 0 radical (unpaired) electrons. The van der Waals surface area contributed by atoms with E-state index in [1.807, 2.05) is 13.8 Å². The van der Waals surface area contributed by atoms with Gasteiger partial charge in [-0.2, -0.15) is 0 Å². The first-order valence-electron chi connectivity index (χ1n) is 5.15. The summed E-state index contributed by atoms with van der Waals surface area (Å²) < 4.78 is 0. The van der Waals surface area contributed by atoms with Gasteiger partial charge in [0.2, 0.25) is 0 Å². The van der Waals surface area contributed by atoms with Crippen molar-refractivity contribution in [1.82, 2.24) is 0 Å². The lowest BCUT2D eigenvalue weighted by Gasteiger charge is -2.15. The highest BCUT2D eigenvalue weighted by Gasteiger charge is 2.44. The van der Waals surface area contributed by atoms with Gasteiger partial charge in [0.15, 0.2) is 0 Å². The second-order valence-corrected chi connectivity index (χ2v) is 4.40. The molecule has 1 saturated carbocycles. The Labute approximate surface area is 90.7 Å². The molecule has 2 heteroatoms. The monoisotopic (exact) mass is 204 g/mol. The van der Waals surface area contributed by atoms with Crippen LogP contribution in [0.25, 0.3) is 0 Å². The number of hydrogen-bond donors (Lipinski definition) is 0. The van der Waals surface area contributed by atoms with E-state index >= 15 is 0 Å². The van der Waals surface area contributed by atoms with Crippen molar-refractivity contribution in [3.8, 4) is 11.8 Å². The van der Waals surface area contributed by atoms with Gasteiger partial charge in [0.05, 0.1) is 5.41 Å². The summed E-state index contributed by atoms with van der Waals surface area (Å²) in [5, 5.41) is 0. The van der Waals surface area contributed by atoms with Gasteiger partial charge < -0.3 is 0 Å². The van der Waals surface area contributed by atoms with Crippen LogP contribution in [-0.2, 0) is 9.59 Å². The van der Waals surface area contributed by atoms with E-state index in [2.05, 4.69) is 11.8 Å². The molecule has 15 heavy (non-hydrogen) atoms. The topological polar surface area (TPSA) is 34.1 Å². The summed E-state index contributed by atoms with van der Waals surface area (Å²) in [5.41, 5.74) is 0.291. The third-order valence-corrected chi connectivity index (χ3v) is 2.71. The Morgan fingerprint density at radius 1 is 1.33 bits per heavy atom. The second-order valence-electron chi connectivity index (χ2n) is 4.40. The predicted molar refractivity (Wildman–Crippen MR) is 59.2 cm³/mol. The SMILES string of the molecule is CC(C)=CC#CCC1(C)C(=O)CCC1=O. The van der Waals surface area contributed by atoms with E-state index in [1.165, 1.54) is 0 Å². The Kier molecular flexibility index (Phi) is 3.47. The molecule has 0 aromatic heterocycles. The second kappa shape index (κ2) is 4.44. The molecule has 1 aliphatic carbocycles. The van der Waals surface area contributed by atoms with E-state index in [-0.39, 0.29) is 11.6 Å². The zero-order valence-electron chi connectivity index (χ0n) is 9.52. The molecular weight excluding hydrogens is 188 g/mol. The van der Waals surface area contributed by atoms with Gasteiger partial charge in [-0.15, -0.1) is 0 Å². The Morgan fingerprint density at radius 3 is 2.33 bits per heavy atom. The lowest BCUT2D eigenvalue weighted by Crippen LogP contribution is -2.28. The molecule has 1 aliphatic rings. The van der Waals surface area contributed by atoms with Crippen molar-refractivity contribution in [2.24, 2.45) is 5.41 Å². The van der Waals surface area contributed by atoms with Crippen LogP contribution in [0.1, 0.15) is 40.0 Å². The zero-order valence-corrected chi connectivity index (χ0v) is 9.52. The average Bonchev–Trinajstić information content (AvgIpc) is 2.41. The fourth-order valence-electron chi connectivity index (χ4n) is 1.55. The lowest BCUT2D eigenvalue weighted by atomic mass is 9.83. The number of ketones is 2. The smallest absolute Gasteiger partial charge is 0.147 e. The molecule has 0 aromatic carbocycles. The first kappa shape index (κ1) is 11.7. The summed E-state index contributed by atoms with van der Waals surface area (Å²) in [4.78, 5) is 23.1. The number of carbonyl (C=O) groups excluding carboxylic acids is 2. The fraction of sp³-hybridized carbons (Fsp3) is 0.538. The van der Waals surface area contributed by atoms with Crippen molar-refractivity contribution in [3.05, 3.63) is 11.6 Å². The van der Waals surface area contributed by atoms with Crippen LogP contribution in [0.5, 0.6) is 0 Å². The van der Waals surface area contributed by atoms with Gasteiger partial charge in [-0.25, -0.2) is 0 Å². The lowest BCUT2D eigenvalue weighted by molar-refractivity contribution is -0.133. The first-order chi connectivity index (χ1) is 6.97. The summed E-state index contributed by atoms with van der Waals surface area (Å²) in [6, 6.07) is 0. The molecule has 2 nitrogen and oxygen atoms in total. The number of Topliss-reactive ketones (excluding diaryl/α,β-unsaturated/α-hetero) is 2. The quantitative estimate of drug-likeness (QED) is 0.485. The zero-order chi connectivity index (χ0) is 11.5. The number of hydrogen-bond acceptors (Lipinski definition) is 2. The van der Waals surface area contributed by atoms with E-state index in [1.54, 1.807) is 13.0 Å². The van der Waals surface area contributed by atoms with Crippen molar-refractivity contribution >= 4 is 11.6 Å². The van der Waals surface area contributed by atoms with Crippen LogP contribution >= 0.6 is 0 Å². The molecule has 0 atom stereocenters. The minimum atomic E-state index is -0.831. The molecule has 0 aliphatic heterocycles. The molecule has 0 unspecified atom stereocenters. The van der Waals surface area contributed by atoms with Gasteiger partial charge in [-0.05, 0) is 26.8 Å². The van der Waals surface area contributed by atoms with Crippen molar-refractivity contribution in [3.63, 3.8) is 0 Å². The van der Waals surface area contributed by atoms with Gasteiger partial charge >= 0.3 is 0 Å². The van der Waals surface area contributed by atoms with Crippen LogP contribution in [0.4, 0.5) is 0 Å². The predicted octanol–water partition coefficient (Wildman–Crippen LogP) is 2.28. The molecule has 0 spiro atoms. The van der Waals surface area contributed by atoms with Crippen molar-refractivity contribution < 1.29 is 9.59 Å². The summed E-state index contributed by atoms with van der Waals surface area (Å²) in [5.74, 6) is 5.83. The first-order valence-corrected chi connectivity index (χ1v) is 5.15. The van der Waals surface area contributed by atoms with Crippen LogP contribution in [-0.4, -0.2) is 11.6 Å². The molecular formula is C13H16O2. The molecule has 80 valence electrons. The Bertz CT molecular complexity index is 357. The molecule has 1 fully saturated rings. The average molecular weight is 204 g/mol. The van der Waals surface area contributed by atoms with E-state index in [0.29, 0.717) is 19.3 Å². The fourth-order valence-corrected chi connectivity index (χ4v) is 1.55. The highest BCUT2D eigenvalue weighted by molar-refractivity contribution is 6.12. The maximum Gasteiger partial charge on any atom is 0.147 e. The molecule has 0 bridgehead atoms. The number of carbonyl (C=O) groups is 2. The summed E-state index contributed by atoms with van der Waals surface area (Å²) in [6.07, 6.45) is 2.93. The third kappa shape index (κ3) is 2.56. The van der Waals surface area contributed by atoms with Gasteiger partial charge in [0.25, 0.3) is 0 Å². The van der Waals surface area contributed by atoms with E-state index in [4.69, 9.17) is 0 Å². The summed E-state index contributed by atoms with van der Waals surface area (Å²) in [7, 11) is 0. The van der Waals surface area contributed by atoms with Gasteiger partial charge in [-0.1, -0.05) is 17.4 Å². The Morgan fingerprint density at radius 2 is 1.87 bits per heavy atom. The van der Waals surface area contributed by atoms with Gasteiger partial charge in [0.1, 0.15) is 11.6 Å². The van der Waals surface area contributed by atoms with Crippen LogP contribution in [0.15, 0.2) is 11.6 Å². The molecule has 0 amide bonds. The van der Waals surface area contributed by atoms with Crippen LogP contribution in [0, 0.1) is 17.3 Å². The van der Waals surface area contributed by atoms with E-state index in [0.717, 1.165) is 5.57 Å². The van der Waals surface area contributed by atoms with E-state index < -0.39 is 5.41 Å².